The van der Waals surface area contributed by atoms with E-state index in [0.29, 0.717) is 30.1 Å². The molecule has 0 saturated carbocycles. The second-order valence-corrected chi connectivity index (χ2v) is 7.00. The van der Waals surface area contributed by atoms with Gasteiger partial charge in [-0.1, -0.05) is 37.1 Å². The van der Waals surface area contributed by atoms with Crippen molar-refractivity contribution in [2.24, 2.45) is 0 Å². The van der Waals surface area contributed by atoms with E-state index in [1.807, 2.05) is 26.0 Å². The number of carbonyl (C=O) groups excluding carboxylic acids is 2. The Morgan fingerprint density at radius 3 is 2.48 bits per heavy atom. The van der Waals surface area contributed by atoms with Gasteiger partial charge in [-0.05, 0) is 56.0 Å². The summed E-state index contributed by atoms with van der Waals surface area (Å²) in [5.74, 6) is 0.415. The number of benzene rings is 2. The Kier molecular flexibility index (Phi) is 8.52. The predicted octanol–water partition coefficient (Wildman–Crippen LogP) is 3.88. The number of nitrogens with one attached hydrogen (secondary N) is 2. The first kappa shape index (κ1) is 22.3. The maximum atomic E-state index is 12.3. The quantitative estimate of drug-likeness (QED) is 0.496. The van der Waals surface area contributed by atoms with Crippen LogP contribution < -0.4 is 20.3 Å². The molecular weight excluding hydrogens is 368 g/mol. The molecule has 29 heavy (non-hydrogen) atoms. The van der Waals surface area contributed by atoms with Gasteiger partial charge in [0.1, 0.15) is 0 Å². The molecule has 2 rings (SSSR count). The highest BCUT2D eigenvalue weighted by Crippen LogP contribution is 2.28. The lowest BCUT2D eigenvalue weighted by molar-refractivity contribution is -0.121. The van der Waals surface area contributed by atoms with E-state index in [2.05, 4.69) is 23.8 Å². The molecule has 2 N–H and O–H groups in total. The largest absolute Gasteiger partial charge is 0.493 e. The summed E-state index contributed by atoms with van der Waals surface area (Å²) in [6.45, 7) is 6.75. The molecule has 156 valence electrons. The topological polar surface area (TPSA) is 76.7 Å². The zero-order chi connectivity index (χ0) is 21.2. The summed E-state index contributed by atoms with van der Waals surface area (Å²) < 4.78 is 11.0. The lowest BCUT2D eigenvalue weighted by atomic mass is 10.0. The van der Waals surface area contributed by atoms with Gasteiger partial charge in [-0.3, -0.25) is 20.4 Å². The fraction of sp³-hybridized carbons (Fsp3) is 0.391. The van der Waals surface area contributed by atoms with Gasteiger partial charge < -0.3 is 9.47 Å². The fourth-order valence-corrected chi connectivity index (χ4v) is 2.89. The molecule has 0 aliphatic carbocycles. The molecule has 0 radical (unpaired) electrons. The van der Waals surface area contributed by atoms with E-state index < -0.39 is 5.91 Å². The molecule has 0 aliphatic heterocycles. The van der Waals surface area contributed by atoms with Gasteiger partial charge in [0.05, 0.1) is 13.7 Å². The molecule has 0 heterocycles. The molecule has 0 aliphatic rings. The summed E-state index contributed by atoms with van der Waals surface area (Å²) in [6, 6.07) is 11.1. The number of hydrazine groups is 1. The molecule has 0 fully saturated rings. The Balaban J connectivity index is 1.86. The first-order valence-electron chi connectivity index (χ1n) is 9.90. The van der Waals surface area contributed by atoms with Crippen molar-refractivity contribution in [1.82, 2.24) is 10.9 Å². The van der Waals surface area contributed by atoms with E-state index in [-0.39, 0.29) is 12.3 Å². The number of ether oxygens (including phenoxy) is 2. The summed E-state index contributed by atoms with van der Waals surface area (Å²) in [6.07, 6.45) is 2.88. The van der Waals surface area contributed by atoms with Crippen molar-refractivity contribution in [1.29, 1.82) is 0 Å². The summed E-state index contributed by atoms with van der Waals surface area (Å²) >= 11 is 0. The van der Waals surface area contributed by atoms with Crippen LogP contribution in [-0.4, -0.2) is 25.5 Å². The van der Waals surface area contributed by atoms with Crippen LogP contribution in [0.3, 0.4) is 0 Å². The Morgan fingerprint density at radius 2 is 1.79 bits per heavy atom. The highest BCUT2D eigenvalue weighted by atomic mass is 16.5. The second-order valence-electron chi connectivity index (χ2n) is 7.00. The Hall–Kier alpha value is -3.02. The highest BCUT2D eigenvalue weighted by Gasteiger charge is 2.12. The summed E-state index contributed by atoms with van der Waals surface area (Å²) in [4.78, 5) is 24.4. The van der Waals surface area contributed by atoms with Crippen LogP contribution >= 0.6 is 0 Å². The number of rotatable bonds is 9. The molecular formula is C23H30N2O4. The molecule has 6 heteroatoms. The number of methoxy groups -OCH3 is 1. The minimum atomic E-state index is -0.414. The van der Waals surface area contributed by atoms with Crippen molar-refractivity contribution in [3.05, 3.63) is 58.7 Å². The molecule has 0 unspecified atom stereocenters. The Labute approximate surface area is 172 Å². The van der Waals surface area contributed by atoms with E-state index in [4.69, 9.17) is 9.47 Å². The molecule has 0 aromatic heterocycles. The Morgan fingerprint density at radius 1 is 1.00 bits per heavy atom. The van der Waals surface area contributed by atoms with Gasteiger partial charge in [-0.2, -0.15) is 0 Å². The molecule has 0 bridgehead atoms. The van der Waals surface area contributed by atoms with E-state index >= 15 is 0 Å². The van der Waals surface area contributed by atoms with Gasteiger partial charge in [0, 0.05) is 12.0 Å². The van der Waals surface area contributed by atoms with Gasteiger partial charge in [0.25, 0.3) is 5.91 Å². The van der Waals surface area contributed by atoms with Crippen molar-refractivity contribution >= 4 is 11.8 Å². The number of hydrogen-bond donors (Lipinski definition) is 2. The average molecular weight is 399 g/mol. The van der Waals surface area contributed by atoms with Crippen LogP contribution in [0.5, 0.6) is 11.5 Å². The van der Waals surface area contributed by atoms with E-state index in [1.165, 1.54) is 12.7 Å². The number of amides is 2. The van der Waals surface area contributed by atoms with Gasteiger partial charge in [-0.25, -0.2) is 0 Å². The lowest BCUT2D eigenvalue weighted by Crippen LogP contribution is -2.41. The minimum Gasteiger partial charge on any atom is -0.493 e. The van der Waals surface area contributed by atoms with Gasteiger partial charge in [-0.15, -0.1) is 0 Å². The smallest absolute Gasteiger partial charge is 0.269 e. The van der Waals surface area contributed by atoms with Gasteiger partial charge in [0.15, 0.2) is 11.5 Å². The number of aryl methyl sites for hydroxylation is 3. The molecule has 0 spiro atoms. The van der Waals surface area contributed by atoms with E-state index in [1.54, 1.807) is 18.2 Å². The standard InChI is InChI=1S/C23H30N2O4/c1-5-6-13-29-20-11-9-19(15-21(20)28-4)23(27)25-24-22(26)12-10-18-8-7-16(2)14-17(18)3/h7-9,11,14-15H,5-6,10,12-13H2,1-4H3,(H,24,26)(H,25,27). The predicted molar refractivity (Wildman–Crippen MR) is 113 cm³/mol. The van der Waals surface area contributed by atoms with Crippen LogP contribution in [0.1, 0.15) is 53.2 Å². The van der Waals surface area contributed by atoms with Crippen LogP contribution in [0, 0.1) is 13.8 Å². The third-order valence-corrected chi connectivity index (χ3v) is 4.62. The SMILES string of the molecule is CCCCOc1ccc(C(=O)NNC(=O)CCc2ccc(C)cc2C)cc1OC. The van der Waals surface area contributed by atoms with Crippen molar-refractivity contribution in [3.8, 4) is 11.5 Å². The summed E-state index contributed by atoms with van der Waals surface area (Å²) in [7, 11) is 1.53. The summed E-state index contributed by atoms with van der Waals surface area (Å²) in [5, 5.41) is 0. The van der Waals surface area contributed by atoms with Crippen LogP contribution in [0.25, 0.3) is 0 Å². The zero-order valence-electron chi connectivity index (χ0n) is 17.6. The first-order chi connectivity index (χ1) is 13.9. The van der Waals surface area contributed by atoms with Crippen molar-refractivity contribution < 1.29 is 19.1 Å². The maximum Gasteiger partial charge on any atom is 0.269 e. The average Bonchev–Trinajstić information content (AvgIpc) is 2.71. The third kappa shape index (κ3) is 6.82. The van der Waals surface area contributed by atoms with Crippen LogP contribution in [0.2, 0.25) is 0 Å². The lowest BCUT2D eigenvalue weighted by Gasteiger charge is -2.12. The first-order valence-corrected chi connectivity index (χ1v) is 9.90. The molecule has 2 amide bonds. The Bertz CT molecular complexity index is 849. The van der Waals surface area contributed by atoms with Gasteiger partial charge >= 0.3 is 0 Å². The second kappa shape index (κ2) is 11.1. The summed E-state index contributed by atoms with van der Waals surface area (Å²) in [5.41, 5.74) is 8.77. The molecule has 0 saturated heterocycles. The molecule has 6 nitrogen and oxygen atoms in total. The fourth-order valence-electron chi connectivity index (χ4n) is 2.89. The van der Waals surface area contributed by atoms with Crippen LogP contribution in [-0.2, 0) is 11.2 Å². The van der Waals surface area contributed by atoms with Crippen molar-refractivity contribution in [2.45, 2.75) is 46.5 Å². The van der Waals surface area contributed by atoms with Crippen molar-refractivity contribution in [2.75, 3.05) is 13.7 Å². The van der Waals surface area contributed by atoms with Crippen molar-refractivity contribution in [3.63, 3.8) is 0 Å². The molecule has 2 aromatic carbocycles. The highest BCUT2D eigenvalue weighted by molar-refractivity contribution is 5.96. The molecule has 0 atom stereocenters. The molecule has 2 aromatic rings. The third-order valence-electron chi connectivity index (χ3n) is 4.62. The minimum absolute atomic E-state index is 0.246. The number of carbonyl (C=O) groups is 2. The van der Waals surface area contributed by atoms with Crippen LogP contribution in [0.4, 0.5) is 0 Å². The zero-order valence-corrected chi connectivity index (χ0v) is 17.6. The van der Waals surface area contributed by atoms with Gasteiger partial charge in [0.2, 0.25) is 5.91 Å². The number of unbranched alkanes of at least 4 members (excludes halogenated alkanes) is 1. The van der Waals surface area contributed by atoms with Crippen LogP contribution in [0.15, 0.2) is 36.4 Å². The van der Waals surface area contributed by atoms with E-state index in [0.717, 1.165) is 24.0 Å². The van der Waals surface area contributed by atoms with E-state index in [9.17, 15) is 9.59 Å². The number of hydrogen-bond acceptors (Lipinski definition) is 4. The maximum absolute atomic E-state index is 12.3. The normalized spacial score (nSPS) is 10.3. The monoisotopic (exact) mass is 398 g/mol.